The lowest BCUT2D eigenvalue weighted by Gasteiger charge is -2.38. The van der Waals surface area contributed by atoms with Crippen LogP contribution in [0.25, 0.3) is 0 Å². The van der Waals surface area contributed by atoms with Crippen molar-refractivity contribution in [1.82, 2.24) is 5.32 Å². The fraction of sp³-hybridized carbons (Fsp3) is 0.321. The summed E-state index contributed by atoms with van der Waals surface area (Å²) in [6.45, 7) is 3.79. The first-order valence-corrected chi connectivity index (χ1v) is 14.5. The number of amides is 1. The number of anilines is 3. The Labute approximate surface area is 230 Å². The first-order valence-electron chi connectivity index (χ1n) is 12.6. The van der Waals surface area contributed by atoms with Gasteiger partial charge in [0.1, 0.15) is 5.82 Å². The van der Waals surface area contributed by atoms with E-state index in [0.717, 1.165) is 30.1 Å². The Bertz CT molecular complexity index is 1460. The van der Waals surface area contributed by atoms with Gasteiger partial charge in [0.15, 0.2) is 0 Å². The molecule has 0 radical (unpaired) electrons. The monoisotopic (exact) mass is 578 g/mol. The van der Waals surface area contributed by atoms with Gasteiger partial charge in [-0.1, -0.05) is 30.3 Å². The van der Waals surface area contributed by atoms with Crippen molar-refractivity contribution in [2.75, 3.05) is 47.0 Å². The van der Waals surface area contributed by atoms with Crippen molar-refractivity contribution < 1.29 is 30.8 Å². The molecule has 7 nitrogen and oxygen atoms in total. The zero-order valence-corrected chi connectivity index (χ0v) is 22.8. The normalized spacial score (nSPS) is 15.1. The van der Waals surface area contributed by atoms with Crippen molar-refractivity contribution in [3.05, 3.63) is 89.2 Å². The van der Waals surface area contributed by atoms with Crippen molar-refractivity contribution in [2.24, 2.45) is 0 Å². The highest BCUT2D eigenvalue weighted by Gasteiger charge is 2.32. The number of rotatable bonds is 8. The molecule has 3 aromatic carbocycles. The predicted octanol–water partition coefficient (Wildman–Crippen LogP) is 4.96. The molecular weight excluding hydrogens is 548 g/mol. The number of carbonyl (C=O) groups excluding carboxylic acids is 1. The number of alkyl halides is 3. The number of hydrogen-bond acceptors (Lipinski definition) is 5. The summed E-state index contributed by atoms with van der Waals surface area (Å²) in [6, 6.07) is 17.0. The van der Waals surface area contributed by atoms with E-state index in [4.69, 9.17) is 0 Å². The Kier molecular flexibility index (Phi) is 8.57. The van der Waals surface area contributed by atoms with Crippen molar-refractivity contribution in [1.29, 1.82) is 0 Å². The summed E-state index contributed by atoms with van der Waals surface area (Å²) in [5.41, 5.74) is 1.29. The predicted molar refractivity (Wildman–Crippen MR) is 147 cm³/mol. The van der Waals surface area contributed by atoms with Crippen LogP contribution >= 0.6 is 0 Å². The summed E-state index contributed by atoms with van der Waals surface area (Å²) in [4.78, 5) is 17.0. The van der Waals surface area contributed by atoms with Gasteiger partial charge in [-0.05, 0) is 54.4 Å². The SMILES string of the molecule is CC(C(=O)NCc1ccc(C(F)(F)F)cc1N1CCN(c2ccccc2)CC1)c1ccc(NS(C)(=O)=O)c(F)c1. The van der Waals surface area contributed by atoms with Crippen LogP contribution in [0.1, 0.15) is 29.5 Å². The highest BCUT2D eigenvalue weighted by molar-refractivity contribution is 7.92. The van der Waals surface area contributed by atoms with E-state index in [2.05, 4.69) is 14.9 Å². The molecule has 0 bridgehead atoms. The molecule has 3 aromatic rings. The average Bonchev–Trinajstić information content (AvgIpc) is 2.91. The van der Waals surface area contributed by atoms with E-state index in [-0.39, 0.29) is 12.2 Å². The Morgan fingerprint density at radius 2 is 1.60 bits per heavy atom. The summed E-state index contributed by atoms with van der Waals surface area (Å²) >= 11 is 0. The fourth-order valence-corrected chi connectivity index (χ4v) is 5.16. The molecule has 1 heterocycles. The molecule has 0 spiro atoms. The quantitative estimate of drug-likeness (QED) is 0.370. The van der Waals surface area contributed by atoms with Gasteiger partial charge in [-0.2, -0.15) is 13.2 Å². The van der Waals surface area contributed by atoms with Crippen LogP contribution in [0.2, 0.25) is 0 Å². The lowest BCUT2D eigenvalue weighted by Crippen LogP contribution is -2.47. The second-order valence-electron chi connectivity index (χ2n) is 9.70. The number of carbonyl (C=O) groups is 1. The van der Waals surface area contributed by atoms with Crippen molar-refractivity contribution in [2.45, 2.75) is 25.6 Å². The van der Waals surface area contributed by atoms with Crippen LogP contribution < -0.4 is 19.8 Å². The Hall–Kier alpha value is -3.80. The van der Waals surface area contributed by atoms with Gasteiger partial charge < -0.3 is 15.1 Å². The standard InChI is InChI=1S/C28H30F4N4O3S/c1-19(20-9-11-25(24(29)16-20)34-40(2,38)39)27(37)33-18-21-8-10-22(28(30,31)32)17-26(21)36-14-12-35(13-15-36)23-6-4-3-5-7-23/h3-11,16-17,19,34H,12-15,18H2,1-2H3,(H,33,37). The lowest BCUT2D eigenvalue weighted by molar-refractivity contribution is -0.137. The third kappa shape index (κ3) is 7.23. The largest absolute Gasteiger partial charge is 0.416 e. The summed E-state index contributed by atoms with van der Waals surface area (Å²) < 4.78 is 79.9. The van der Waals surface area contributed by atoms with E-state index >= 15 is 0 Å². The van der Waals surface area contributed by atoms with Crippen LogP contribution in [0, 0.1) is 5.82 Å². The second kappa shape index (κ2) is 11.7. The topological polar surface area (TPSA) is 81.8 Å². The van der Waals surface area contributed by atoms with Gasteiger partial charge in [-0.25, -0.2) is 12.8 Å². The molecule has 0 aromatic heterocycles. The highest BCUT2D eigenvalue weighted by atomic mass is 32.2. The smallest absolute Gasteiger partial charge is 0.368 e. The zero-order chi connectivity index (χ0) is 29.1. The van der Waals surface area contributed by atoms with E-state index in [1.54, 1.807) is 6.92 Å². The maximum Gasteiger partial charge on any atom is 0.416 e. The van der Waals surface area contributed by atoms with Gasteiger partial charge in [0.2, 0.25) is 15.9 Å². The number of sulfonamides is 1. The van der Waals surface area contributed by atoms with Crippen LogP contribution in [-0.2, 0) is 27.5 Å². The number of nitrogens with one attached hydrogen (secondary N) is 2. The van der Waals surface area contributed by atoms with Crippen LogP contribution in [-0.4, -0.2) is 46.8 Å². The summed E-state index contributed by atoms with van der Waals surface area (Å²) in [6.07, 6.45) is -3.62. The van der Waals surface area contributed by atoms with Gasteiger partial charge >= 0.3 is 6.18 Å². The molecule has 1 aliphatic rings. The molecule has 1 saturated heterocycles. The molecule has 40 heavy (non-hydrogen) atoms. The number of piperazine rings is 1. The number of para-hydroxylation sites is 1. The molecule has 214 valence electrons. The lowest BCUT2D eigenvalue weighted by atomic mass is 9.99. The van der Waals surface area contributed by atoms with Gasteiger partial charge in [0.25, 0.3) is 0 Å². The van der Waals surface area contributed by atoms with E-state index < -0.39 is 39.4 Å². The van der Waals surface area contributed by atoms with Crippen LogP contribution in [0.3, 0.4) is 0 Å². The van der Waals surface area contributed by atoms with E-state index in [1.807, 2.05) is 35.2 Å². The minimum atomic E-state index is -4.51. The Morgan fingerprint density at radius 3 is 2.20 bits per heavy atom. The summed E-state index contributed by atoms with van der Waals surface area (Å²) in [5.74, 6) is -2.08. The van der Waals surface area contributed by atoms with Gasteiger partial charge in [-0.15, -0.1) is 0 Å². The molecule has 4 rings (SSSR count). The van der Waals surface area contributed by atoms with Crippen molar-refractivity contribution in [3.63, 3.8) is 0 Å². The molecule has 0 aliphatic carbocycles. The Balaban J connectivity index is 1.48. The number of hydrogen-bond donors (Lipinski definition) is 2. The van der Waals surface area contributed by atoms with Crippen LogP contribution in [0.5, 0.6) is 0 Å². The van der Waals surface area contributed by atoms with E-state index in [0.29, 0.717) is 43.0 Å². The minimum absolute atomic E-state index is 0.0221. The number of nitrogens with zero attached hydrogens (tertiary/aromatic N) is 2. The first-order chi connectivity index (χ1) is 18.8. The second-order valence-corrected chi connectivity index (χ2v) is 11.5. The molecule has 1 fully saturated rings. The molecule has 2 N–H and O–H groups in total. The molecule has 12 heteroatoms. The Morgan fingerprint density at radius 1 is 0.950 bits per heavy atom. The molecule has 1 unspecified atom stereocenters. The summed E-state index contributed by atoms with van der Waals surface area (Å²) in [7, 11) is -3.68. The van der Waals surface area contributed by atoms with Gasteiger partial charge in [0, 0.05) is 44.1 Å². The zero-order valence-electron chi connectivity index (χ0n) is 22.0. The maximum atomic E-state index is 14.4. The van der Waals surface area contributed by atoms with Gasteiger partial charge in [0.05, 0.1) is 23.4 Å². The first kappa shape index (κ1) is 29.2. The third-order valence-electron chi connectivity index (χ3n) is 6.79. The molecule has 1 aliphatic heterocycles. The van der Waals surface area contributed by atoms with Crippen molar-refractivity contribution in [3.8, 4) is 0 Å². The maximum absolute atomic E-state index is 14.4. The number of benzene rings is 3. The molecule has 0 saturated carbocycles. The molecular formula is C28H30F4N4O3S. The van der Waals surface area contributed by atoms with Gasteiger partial charge in [-0.3, -0.25) is 9.52 Å². The van der Waals surface area contributed by atoms with E-state index in [9.17, 15) is 30.8 Å². The fourth-order valence-electron chi connectivity index (χ4n) is 4.60. The van der Waals surface area contributed by atoms with E-state index in [1.165, 1.54) is 18.2 Å². The molecule has 1 atom stereocenters. The third-order valence-corrected chi connectivity index (χ3v) is 7.38. The van der Waals surface area contributed by atoms with Crippen molar-refractivity contribution >= 4 is 33.0 Å². The average molecular weight is 579 g/mol. The van der Waals surface area contributed by atoms with Crippen LogP contribution in [0.4, 0.5) is 34.6 Å². The number of halogens is 4. The molecule has 1 amide bonds. The highest BCUT2D eigenvalue weighted by Crippen LogP contribution is 2.34. The minimum Gasteiger partial charge on any atom is -0.368 e. The summed E-state index contributed by atoms with van der Waals surface area (Å²) in [5, 5.41) is 2.75. The van der Waals surface area contributed by atoms with Crippen LogP contribution in [0.15, 0.2) is 66.7 Å².